The van der Waals surface area contributed by atoms with Crippen molar-refractivity contribution >= 4 is 10.9 Å². The van der Waals surface area contributed by atoms with Gasteiger partial charge in [0.1, 0.15) is 0 Å². The van der Waals surface area contributed by atoms with Crippen LogP contribution in [-0.2, 0) is 6.54 Å². The molecule has 0 aliphatic rings. The molecule has 0 aliphatic heterocycles. The first-order chi connectivity index (χ1) is 8.88. The maximum absolute atomic E-state index is 8.90. The van der Waals surface area contributed by atoms with Gasteiger partial charge in [-0.25, -0.2) is 0 Å². The Morgan fingerprint density at radius 3 is 2.94 bits per heavy atom. The molecule has 0 aliphatic carbocycles. The number of aliphatic hydroxyl groups excluding tert-OH is 1. The van der Waals surface area contributed by atoms with Crippen LogP contribution in [0.4, 0.5) is 0 Å². The van der Waals surface area contributed by atoms with E-state index in [1.165, 1.54) is 0 Å². The van der Waals surface area contributed by atoms with Gasteiger partial charge in [-0.15, -0.1) is 0 Å². The van der Waals surface area contributed by atoms with Crippen LogP contribution in [0.3, 0.4) is 0 Å². The van der Waals surface area contributed by atoms with E-state index in [0.717, 1.165) is 22.0 Å². The summed E-state index contributed by atoms with van der Waals surface area (Å²) in [7, 11) is 0. The summed E-state index contributed by atoms with van der Waals surface area (Å²) in [6, 6.07) is 10.0. The highest BCUT2D eigenvalue weighted by Gasteiger charge is 2.06. The van der Waals surface area contributed by atoms with Gasteiger partial charge in [0.15, 0.2) is 0 Å². The quantitative estimate of drug-likeness (QED) is 0.761. The second kappa shape index (κ2) is 4.58. The van der Waals surface area contributed by atoms with Gasteiger partial charge in [-0.3, -0.25) is 9.67 Å². The van der Waals surface area contributed by atoms with Gasteiger partial charge in [-0.05, 0) is 17.7 Å². The third-order valence-electron chi connectivity index (χ3n) is 2.92. The van der Waals surface area contributed by atoms with E-state index < -0.39 is 0 Å². The van der Waals surface area contributed by atoms with Crippen molar-refractivity contribution in [1.29, 1.82) is 0 Å². The molecular formula is C14H13N3O. The number of benzene rings is 1. The molecule has 0 saturated carbocycles. The summed E-state index contributed by atoms with van der Waals surface area (Å²) in [5.41, 5.74) is 3.14. The molecule has 18 heavy (non-hydrogen) atoms. The summed E-state index contributed by atoms with van der Waals surface area (Å²) in [5, 5.41) is 14.2. The van der Waals surface area contributed by atoms with Crippen LogP contribution in [0, 0.1) is 0 Å². The summed E-state index contributed by atoms with van der Waals surface area (Å²) in [6.45, 7) is 0.612. The molecular weight excluding hydrogens is 226 g/mol. The van der Waals surface area contributed by atoms with Gasteiger partial charge in [-0.2, -0.15) is 5.10 Å². The second-order valence-electron chi connectivity index (χ2n) is 4.09. The summed E-state index contributed by atoms with van der Waals surface area (Å²) < 4.78 is 1.74. The topological polar surface area (TPSA) is 50.9 Å². The summed E-state index contributed by atoms with van der Waals surface area (Å²) in [4.78, 5) is 4.34. The van der Waals surface area contributed by atoms with Crippen LogP contribution in [0.25, 0.3) is 22.0 Å². The number of para-hydroxylation sites is 1. The predicted molar refractivity (Wildman–Crippen MR) is 70.0 cm³/mol. The Kier molecular flexibility index (Phi) is 2.78. The van der Waals surface area contributed by atoms with Crippen molar-refractivity contribution in [2.24, 2.45) is 0 Å². The fraction of sp³-hybridized carbons (Fsp3) is 0.143. The lowest BCUT2D eigenvalue weighted by Crippen LogP contribution is -2.01. The summed E-state index contributed by atoms with van der Waals surface area (Å²) in [6.07, 6.45) is 5.57. The molecule has 2 aromatic heterocycles. The Bertz CT molecular complexity index is 670. The molecule has 1 N–H and O–H groups in total. The largest absolute Gasteiger partial charge is 0.394 e. The fourth-order valence-electron chi connectivity index (χ4n) is 2.07. The van der Waals surface area contributed by atoms with E-state index >= 15 is 0 Å². The molecule has 3 aromatic rings. The van der Waals surface area contributed by atoms with Crippen molar-refractivity contribution in [1.82, 2.24) is 14.8 Å². The van der Waals surface area contributed by atoms with Gasteiger partial charge in [0.2, 0.25) is 0 Å². The number of fused-ring (bicyclic) bond motifs is 1. The fourth-order valence-corrected chi connectivity index (χ4v) is 2.07. The van der Waals surface area contributed by atoms with Gasteiger partial charge < -0.3 is 5.11 Å². The van der Waals surface area contributed by atoms with Crippen molar-refractivity contribution in [2.75, 3.05) is 6.61 Å². The van der Waals surface area contributed by atoms with Crippen LogP contribution < -0.4 is 0 Å². The first-order valence-electron chi connectivity index (χ1n) is 5.86. The molecule has 90 valence electrons. The molecule has 1 aromatic carbocycles. The minimum atomic E-state index is 0.0954. The van der Waals surface area contributed by atoms with Crippen molar-refractivity contribution in [3.8, 4) is 11.1 Å². The Hall–Kier alpha value is -2.20. The highest BCUT2D eigenvalue weighted by Crippen LogP contribution is 2.26. The van der Waals surface area contributed by atoms with E-state index in [0.29, 0.717) is 6.54 Å². The molecule has 2 heterocycles. The molecule has 3 rings (SSSR count). The Labute approximate surface area is 105 Å². The minimum absolute atomic E-state index is 0.0954. The molecule has 4 heteroatoms. The highest BCUT2D eigenvalue weighted by atomic mass is 16.3. The van der Waals surface area contributed by atoms with Crippen LogP contribution in [-0.4, -0.2) is 26.5 Å². The predicted octanol–water partition coefficient (Wildman–Crippen LogP) is 2.09. The van der Waals surface area contributed by atoms with Gasteiger partial charge in [-0.1, -0.05) is 18.2 Å². The highest BCUT2D eigenvalue weighted by molar-refractivity contribution is 5.93. The first kappa shape index (κ1) is 10.9. The zero-order valence-corrected chi connectivity index (χ0v) is 9.82. The van der Waals surface area contributed by atoms with Gasteiger partial charge in [0.25, 0.3) is 0 Å². The number of rotatable bonds is 3. The third kappa shape index (κ3) is 1.87. The van der Waals surface area contributed by atoms with E-state index in [2.05, 4.69) is 16.1 Å². The van der Waals surface area contributed by atoms with E-state index in [1.54, 1.807) is 10.9 Å². The Morgan fingerprint density at radius 2 is 2.06 bits per heavy atom. The molecule has 0 radical (unpaired) electrons. The maximum atomic E-state index is 8.90. The summed E-state index contributed by atoms with van der Waals surface area (Å²) in [5.74, 6) is 0. The lowest BCUT2D eigenvalue weighted by molar-refractivity contribution is 0.269. The number of hydrogen-bond donors (Lipinski definition) is 1. The van der Waals surface area contributed by atoms with Crippen LogP contribution in [0.2, 0.25) is 0 Å². The lowest BCUT2D eigenvalue weighted by atomic mass is 10.0. The molecule has 0 saturated heterocycles. The number of nitrogens with zero attached hydrogens (tertiary/aromatic N) is 3. The van der Waals surface area contributed by atoms with Crippen LogP contribution in [0.5, 0.6) is 0 Å². The van der Waals surface area contributed by atoms with E-state index in [1.807, 2.05) is 36.7 Å². The Morgan fingerprint density at radius 1 is 1.17 bits per heavy atom. The average Bonchev–Trinajstić information content (AvgIpc) is 2.87. The summed E-state index contributed by atoms with van der Waals surface area (Å²) >= 11 is 0. The smallest absolute Gasteiger partial charge is 0.0708 e. The standard InChI is InChI=1S/C14H13N3O/c18-8-7-17-10-11(9-16-17)12-5-6-15-14-4-2-1-3-13(12)14/h1-6,9-10,18H,7-8H2. The van der Waals surface area contributed by atoms with Crippen molar-refractivity contribution in [2.45, 2.75) is 6.54 Å². The van der Waals surface area contributed by atoms with Crippen LogP contribution >= 0.6 is 0 Å². The second-order valence-corrected chi connectivity index (χ2v) is 4.09. The van der Waals surface area contributed by atoms with Crippen LogP contribution in [0.1, 0.15) is 0 Å². The number of hydrogen-bond acceptors (Lipinski definition) is 3. The number of pyridine rings is 1. The van der Waals surface area contributed by atoms with E-state index in [4.69, 9.17) is 5.11 Å². The van der Waals surface area contributed by atoms with Gasteiger partial charge in [0.05, 0.1) is 24.9 Å². The van der Waals surface area contributed by atoms with Gasteiger partial charge in [0, 0.05) is 23.3 Å². The molecule has 0 bridgehead atoms. The lowest BCUT2D eigenvalue weighted by Gasteiger charge is -2.03. The molecule has 4 nitrogen and oxygen atoms in total. The first-order valence-corrected chi connectivity index (χ1v) is 5.86. The molecule has 0 fully saturated rings. The third-order valence-corrected chi connectivity index (χ3v) is 2.92. The van der Waals surface area contributed by atoms with Gasteiger partial charge >= 0.3 is 0 Å². The average molecular weight is 239 g/mol. The Balaban J connectivity index is 2.12. The molecule has 0 atom stereocenters. The molecule has 0 spiro atoms. The van der Waals surface area contributed by atoms with Crippen molar-refractivity contribution in [3.63, 3.8) is 0 Å². The maximum Gasteiger partial charge on any atom is 0.0708 e. The zero-order chi connectivity index (χ0) is 12.4. The van der Waals surface area contributed by atoms with E-state index in [9.17, 15) is 0 Å². The number of aliphatic hydroxyl groups is 1. The van der Waals surface area contributed by atoms with Crippen molar-refractivity contribution < 1.29 is 5.11 Å². The van der Waals surface area contributed by atoms with Crippen LogP contribution in [0.15, 0.2) is 48.9 Å². The number of aromatic nitrogens is 3. The molecule has 0 amide bonds. The minimum Gasteiger partial charge on any atom is -0.394 e. The normalized spacial score (nSPS) is 10.9. The SMILES string of the molecule is OCCn1cc(-c2ccnc3ccccc23)cn1. The molecule has 0 unspecified atom stereocenters. The van der Waals surface area contributed by atoms with Crippen molar-refractivity contribution in [3.05, 3.63) is 48.9 Å². The van der Waals surface area contributed by atoms with E-state index in [-0.39, 0.29) is 6.61 Å². The zero-order valence-electron chi connectivity index (χ0n) is 9.82. The monoisotopic (exact) mass is 239 g/mol.